The molecule has 0 bridgehead atoms. The molecule has 1 aromatic carbocycles. The monoisotopic (exact) mass is 298 g/mol. The van der Waals surface area contributed by atoms with Crippen molar-refractivity contribution in [1.29, 1.82) is 0 Å². The number of nitro benzene ring substituents is 1. The van der Waals surface area contributed by atoms with Gasteiger partial charge >= 0.3 is 0 Å². The Kier molecular flexibility index (Phi) is 7.84. The van der Waals surface area contributed by atoms with Crippen molar-refractivity contribution in [3.05, 3.63) is 39.9 Å². The molecule has 0 heterocycles. The number of methoxy groups -OCH3 is 2. The molecule has 0 amide bonds. The van der Waals surface area contributed by atoms with Gasteiger partial charge in [0.15, 0.2) is 0 Å². The summed E-state index contributed by atoms with van der Waals surface area (Å²) < 4.78 is 10.1. The Hall–Kier alpha value is -1.54. The Morgan fingerprint density at radius 2 is 1.71 bits per heavy atom. The van der Waals surface area contributed by atoms with Gasteiger partial charge < -0.3 is 14.6 Å². The van der Waals surface area contributed by atoms with Gasteiger partial charge in [0.25, 0.3) is 5.69 Å². The van der Waals surface area contributed by atoms with Crippen LogP contribution in [0.25, 0.3) is 0 Å². The lowest BCUT2D eigenvalue weighted by atomic mass is 10.1. The first-order valence-electron chi connectivity index (χ1n) is 6.71. The Bertz CT molecular complexity index is 416. The maximum atomic E-state index is 10.6. The minimum Gasteiger partial charge on any atom is -0.387 e. The van der Waals surface area contributed by atoms with E-state index in [1.54, 1.807) is 26.4 Å². The second-order valence-electron chi connectivity index (χ2n) is 4.65. The van der Waals surface area contributed by atoms with Gasteiger partial charge in [-0.2, -0.15) is 0 Å². The number of hydrogen-bond donors (Lipinski definition) is 1. The molecule has 0 radical (unpaired) electrons. The molecule has 0 aliphatic rings. The maximum Gasteiger partial charge on any atom is 0.269 e. The molecule has 0 aromatic heterocycles. The van der Waals surface area contributed by atoms with Crippen molar-refractivity contribution in [1.82, 2.24) is 4.90 Å². The average Bonchev–Trinajstić information content (AvgIpc) is 2.49. The quantitative estimate of drug-likeness (QED) is 0.516. The van der Waals surface area contributed by atoms with Gasteiger partial charge in [-0.15, -0.1) is 0 Å². The predicted octanol–water partition coefficient (Wildman–Crippen LogP) is 1.22. The number of rotatable bonds is 10. The molecule has 7 heteroatoms. The molecule has 118 valence electrons. The molecule has 0 aliphatic heterocycles. The van der Waals surface area contributed by atoms with E-state index in [2.05, 4.69) is 0 Å². The van der Waals surface area contributed by atoms with Crippen LogP contribution < -0.4 is 0 Å². The van der Waals surface area contributed by atoms with E-state index < -0.39 is 11.0 Å². The van der Waals surface area contributed by atoms with Crippen LogP contribution in [0.2, 0.25) is 0 Å². The first-order valence-corrected chi connectivity index (χ1v) is 6.71. The molecule has 1 N–H and O–H groups in total. The van der Waals surface area contributed by atoms with Crippen LogP contribution in [0.15, 0.2) is 24.3 Å². The Labute approximate surface area is 124 Å². The van der Waals surface area contributed by atoms with Crippen LogP contribution in [0.1, 0.15) is 11.7 Å². The van der Waals surface area contributed by atoms with Crippen LogP contribution in [-0.2, 0) is 9.47 Å². The highest BCUT2D eigenvalue weighted by atomic mass is 16.6. The van der Waals surface area contributed by atoms with Crippen LogP contribution in [0.5, 0.6) is 0 Å². The first kappa shape index (κ1) is 17.5. The fourth-order valence-electron chi connectivity index (χ4n) is 1.90. The van der Waals surface area contributed by atoms with E-state index in [4.69, 9.17) is 9.47 Å². The first-order chi connectivity index (χ1) is 10.1. The number of benzene rings is 1. The highest BCUT2D eigenvalue weighted by Gasteiger charge is 2.14. The summed E-state index contributed by atoms with van der Waals surface area (Å²) in [5, 5.41) is 20.8. The van der Waals surface area contributed by atoms with Crippen molar-refractivity contribution in [3.8, 4) is 0 Å². The van der Waals surface area contributed by atoms with Crippen LogP contribution >= 0.6 is 0 Å². The number of aliphatic hydroxyl groups excluding tert-OH is 1. The van der Waals surface area contributed by atoms with Crippen LogP contribution in [-0.4, -0.2) is 62.0 Å². The van der Waals surface area contributed by atoms with Crippen molar-refractivity contribution in [2.75, 3.05) is 47.1 Å². The van der Waals surface area contributed by atoms with E-state index >= 15 is 0 Å². The normalized spacial score (nSPS) is 12.6. The predicted molar refractivity (Wildman–Crippen MR) is 78.2 cm³/mol. The van der Waals surface area contributed by atoms with E-state index in [-0.39, 0.29) is 5.69 Å². The summed E-state index contributed by atoms with van der Waals surface area (Å²) in [6.45, 7) is 2.92. The standard InChI is InChI=1S/C14H22N2O5/c1-20-9-7-15(8-10-21-2)11-14(17)12-3-5-13(6-4-12)16(18)19/h3-6,14,17H,7-11H2,1-2H3. The molecular formula is C14H22N2O5. The third-order valence-corrected chi connectivity index (χ3v) is 3.14. The third-order valence-electron chi connectivity index (χ3n) is 3.14. The minimum absolute atomic E-state index is 0.0153. The molecule has 1 atom stereocenters. The van der Waals surface area contributed by atoms with Gasteiger partial charge in [0.1, 0.15) is 0 Å². The smallest absolute Gasteiger partial charge is 0.269 e. The van der Waals surface area contributed by atoms with Crippen LogP contribution in [0.4, 0.5) is 5.69 Å². The minimum atomic E-state index is -0.709. The molecule has 0 fully saturated rings. The topological polar surface area (TPSA) is 85.1 Å². The number of nitrogens with zero attached hydrogens (tertiary/aromatic N) is 2. The molecule has 1 rings (SSSR count). The number of hydrogen-bond acceptors (Lipinski definition) is 6. The maximum absolute atomic E-state index is 10.6. The highest BCUT2D eigenvalue weighted by Crippen LogP contribution is 2.18. The van der Waals surface area contributed by atoms with E-state index in [0.717, 1.165) is 0 Å². The lowest BCUT2D eigenvalue weighted by Gasteiger charge is -2.24. The summed E-state index contributed by atoms with van der Waals surface area (Å²) in [5.74, 6) is 0. The zero-order chi connectivity index (χ0) is 15.7. The lowest BCUT2D eigenvalue weighted by molar-refractivity contribution is -0.384. The van der Waals surface area contributed by atoms with Gasteiger partial charge in [-0.1, -0.05) is 0 Å². The van der Waals surface area contributed by atoms with Gasteiger partial charge in [-0.3, -0.25) is 15.0 Å². The molecular weight excluding hydrogens is 276 g/mol. The summed E-state index contributed by atoms with van der Waals surface area (Å²) >= 11 is 0. The van der Waals surface area contributed by atoms with Crippen molar-refractivity contribution < 1.29 is 19.5 Å². The molecule has 21 heavy (non-hydrogen) atoms. The summed E-state index contributed by atoms with van der Waals surface area (Å²) in [4.78, 5) is 12.2. The number of non-ortho nitro benzene ring substituents is 1. The molecule has 0 aliphatic carbocycles. The third kappa shape index (κ3) is 6.17. The van der Waals surface area contributed by atoms with E-state index in [9.17, 15) is 15.2 Å². The largest absolute Gasteiger partial charge is 0.387 e. The fourth-order valence-corrected chi connectivity index (χ4v) is 1.90. The molecule has 1 unspecified atom stereocenters. The Morgan fingerprint density at radius 1 is 1.19 bits per heavy atom. The van der Waals surface area contributed by atoms with Gasteiger partial charge in [0, 0.05) is 46.0 Å². The van der Waals surface area contributed by atoms with Crippen molar-refractivity contribution in [3.63, 3.8) is 0 Å². The summed E-state index contributed by atoms with van der Waals surface area (Å²) in [5.41, 5.74) is 0.669. The van der Waals surface area contributed by atoms with Gasteiger partial charge in [-0.05, 0) is 17.7 Å². The highest BCUT2D eigenvalue weighted by molar-refractivity contribution is 5.33. The molecule has 1 aromatic rings. The zero-order valence-electron chi connectivity index (χ0n) is 12.4. The number of ether oxygens (including phenoxy) is 2. The van der Waals surface area contributed by atoms with Crippen LogP contribution in [0, 0.1) is 10.1 Å². The van der Waals surface area contributed by atoms with E-state index in [1.807, 2.05) is 4.90 Å². The Balaban J connectivity index is 2.61. The van der Waals surface area contributed by atoms with Gasteiger partial charge in [0.05, 0.1) is 24.2 Å². The summed E-state index contributed by atoms with van der Waals surface area (Å²) in [7, 11) is 3.25. The van der Waals surface area contributed by atoms with Gasteiger partial charge in [0.2, 0.25) is 0 Å². The van der Waals surface area contributed by atoms with E-state index in [1.165, 1.54) is 12.1 Å². The second-order valence-corrected chi connectivity index (χ2v) is 4.65. The fraction of sp³-hybridized carbons (Fsp3) is 0.571. The number of aliphatic hydroxyl groups is 1. The van der Waals surface area contributed by atoms with Crippen LogP contribution in [0.3, 0.4) is 0 Å². The molecule has 0 saturated carbocycles. The second kappa shape index (κ2) is 9.41. The molecule has 0 saturated heterocycles. The average molecular weight is 298 g/mol. The molecule has 7 nitrogen and oxygen atoms in total. The van der Waals surface area contributed by atoms with Crippen molar-refractivity contribution in [2.24, 2.45) is 0 Å². The summed E-state index contributed by atoms with van der Waals surface area (Å²) in [6, 6.07) is 5.95. The van der Waals surface area contributed by atoms with E-state index in [0.29, 0.717) is 38.4 Å². The SMILES string of the molecule is COCCN(CCOC)CC(O)c1ccc([N+](=O)[O-])cc1. The lowest BCUT2D eigenvalue weighted by Crippen LogP contribution is -2.34. The zero-order valence-corrected chi connectivity index (χ0v) is 12.4. The van der Waals surface area contributed by atoms with Crippen molar-refractivity contribution in [2.45, 2.75) is 6.10 Å². The molecule has 0 spiro atoms. The Morgan fingerprint density at radius 3 is 2.14 bits per heavy atom. The van der Waals surface area contributed by atoms with Gasteiger partial charge in [-0.25, -0.2) is 0 Å². The summed E-state index contributed by atoms with van der Waals surface area (Å²) in [6.07, 6.45) is -0.709. The number of nitro groups is 1. The van der Waals surface area contributed by atoms with Crippen molar-refractivity contribution >= 4 is 5.69 Å².